The third-order valence-electron chi connectivity index (χ3n) is 0.402. The topological polar surface area (TPSA) is 9.23 Å². The van der Waals surface area contributed by atoms with E-state index < -0.39 is 12.5 Å². The lowest BCUT2D eigenvalue weighted by atomic mass is 10.7. The fourth-order valence-electron chi connectivity index (χ4n) is 0.116. The molecule has 0 aromatic heterocycles. The second kappa shape index (κ2) is 2.30. The zero-order valence-corrected chi connectivity index (χ0v) is 3.92. The summed E-state index contributed by atoms with van der Waals surface area (Å²) in [5, 5.41) is 0. The molecular formula is C3H3F4O. The number of hydrogen-bond donors (Lipinski definition) is 0. The molecule has 0 atom stereocenters. The maximum Gasteiger partial charge on any atom is 0.455 e. The SMILES string of the molecule is CO[C](F)C(F)(F)F. The number of methoxy groups -OCH3 is 1. The lowest BCUT2D eigenvalue weighted by molar-refractivity contribution is -0.193. The molecule has 0 aliphatic carbocycles. The number of hydrogen-bond acceptors (Lipinski definition) is 1. The summed E-state index contributed by atoms with van der Waals surface area (Å²) < 4.78 is 47.2. The van der Waals surface area contributed by atoms with Gasteiger partial charge in [-0.05, 0) is 0 Å². The fraction of sp³-hybridized carbons (Fsp3) is 0.667. The highest BCUT2D eigenvalue weighted by atomic mass is 19.4. The summed E-state index contributed by atoms with van der Waals surface area (Å²) in [5.41, 5.74) is 0. The van der Waals surface area contributed by atoms with Gasteiger partial charge in [-0.3, -0.25) is 0 Å². The number of alkyl halides is 3. The normalized spacial score (nSPS) is 12.8. The van der Waals surface area contributed by atoms with Gasteiger partial charge in [0.15, 0.2) is 0 Å². The summed E-state index contributed by atoms with van der Waals surface area (Å²) in [6.07, 6.45) is -7.38. The maximum atomic E-state index is 11.2. The van der Waals surface area contributed by atoms with Crippen molar-refractivity contribution in [1.29, 1.82) is 0 Å². The van der Waals surface area contributed by atoms with Crippen molar-refractivity contribution in [2.45, 2.75) is 6.18 Å². The lowest BCUT2D eigenvalue weighted by Gasteiger charge is -2.05. The minimum atomic E-state index is -4.96. The Morgan fingerprint density at radius 2 is 1.75 bits per heavy atom. The standard InChI is InChI=1S/C3H3F4O/c1-8-2(4)3(5,6)7/h1H3. The van der Waals surface area contributed by atoms with Crippen molar-refractivity contribution in [1.82, 2.24) is 0 Å². The molecule has 5 heteroatoms. The van der Waals surface area contributed by atoms with E-state index in [1.807, 2.05) is 0 Å². The average Bonchev–Trinajstić information content (AvgIpc) is 1.62. The van der Waals surface area contributed by atoms with Gasteiger partial charge in [-0.25, -0.2) is 0 Å². The van der Waals surface area contributed by atoms with Crippen molar-refractivity contribution in [3.8, 4) is 0 Å². The van der Waals surface area contributed by atoms with Gasteiger partial charge in [-0.1, -0.05) is 0 Å². The first kappa shape index (κ1) is 7.68. The van der Waals surface area contributed by atoms with Crippen LogP contribution in [0, 0.1) is 6.36 Å². The zero-order chi connectivity index (χ0) is 6.78. The Hall–Kier alpha value is -0.320. The zero-order valence-electron chi connectivity index (χ0n) is 3.92. The van der Waals surface area contributed by atoms with E-state index in [9.17, 15) is 17.6 Å². The average molecular weight is 131 g/mol. The molecule has 0 aliphatic rings. The van der Waals surface area contributed by atoms with Gasteiger partial charge in [0, 0.05) is 7.11 Å². The van der Waals surface area contributed by atoms with Gasteiger partial charge in [0.2, 0.25) is 0 Å². The van der Waals surface area contributed by atoms with Crippen molar-refractivity contribution in [3.63, 3.8) is 0 Å². The van der Waals surface area contributed by atoms with Crippen LogP contribution in [0.2, 0.25) is 0 Å². The molecule has 1 radical (unpaired) electrons. The Kier molecular flexibility index (Phi) is 2.21. The molecule has 0 aromatic rings. The maximum absolute atomic E-state index is 11.2. The van der Waals surface area contributed by atoms with Gasteiger partial charge >= 0.3 is 12.5 Å². The third-order valence-corrected chi connectivity index (χ3v) is 0.402. The molecule has 0 fully saturated rings. The summed E-state index contributed by atoms with van der Waals surface area (Å²) in [6.45, 7) is 0. The van der Waals surface area contributed by atoms with E-state index in [2.05, 4.69) is 4.74 Å². The van der Waals surface area contributed by atoms with Gasteiger partial charge < -0.3 is 4.74 Å². The molecule has 49 valence electrons. The Bertz CT molecular complexity index is 68.2. The van der Waals surface area contributed by atoms with Crippen LogP contribution in [0.25, 0.3) is 0 Å². The smallest absolute Gasteiger partial charge is 0.338 e. The van der Waals surface area contributed by atoms with E-state index in [0.717, 1.165) is 0 Å². The van der Waals surface area contributed by atoms with Crippen molar-refractivity contribution >= 4 is 0 Å². The molecule has 1 nitrogen and oxygen atoms in total. The molecule has 0 bridgehead atoms. The first-order valence-electron chi connectivity index (χ1n) is 1.62. The largest absolute Gasteiger partial charge is 0.455 e. The van der Waals surface area contributed by atoms with Crippen LogP contribution in [-0.2, 0) is 4.74 Å². The summed E-state index contributed by atoms with van der Waals surface area (Å²) >= 11 is 0. The molecule has 0 saturated carbocycles. The van der Waals surface area contributed by atoms with Crippen LogP contribution < -0.4 is 0 Å². The van der Waals surface area contributed by atoms with Gasteiger partial charge in [-0.2, -0.15) is 17.6 Å². The highest BCUT2D eigenvalue weighted by molar-refractivity contribution is 4.71. The van der Waals surface area contributed by atoms with Gasteiger partial charge in [0.25, 0.3) is 0 Å². The molecule has 8 heavy (non-hydrogen) atoms. The predicted molar refractivity (Wildman–Crippen MR) is 17.4 cm³/mol. The van der Waals surface area contributed by atoms with Gasteiger partial charge in [-0.15, -0.1) is 0 Å². The Morgan fingerprint density at radius 1 is 1.38 bits per heavy atom. The van der Waals surface area contributed by atoms with Crippen LogP contribution in [0.4, 0.5) is 17.6 Å². The number of halogens is 4. The molecule has 0 rings (SSSR count). The molecule has 0 spiro atoms. The Balaban J connectivity index is 3.62. The van der Waals surface area contributed by atoms with Crippen LogP contribution in [0.1, 0.15) is 0 Å². The lowest BCUT2D eigenvalue weighted by Crippen LogP contribution is -2.17. The van der Waals surface area contributed by atoms with Crippen molar-refractivity contribution in [2.75, 3.05) is 7.11 Å². The summed E-state index contributed by atoms with van der Waals surface area (Å²) in [7, 11) is 0.614. The highest BCUT2D eigenvalue weighted by Gasteiger charge is 2.42. The number of ether oxygens (including phenoxy) is 1. The van der Waals surface area contributed by atoms with Crippen molar-refractivity contribution in [2.24, 2.45) is 0 Å². The quantitative estimate of drug-likeness (QED) is 0.491. The second-order valence-corrected chi connectivity index (χ2v) is 0.976. The van der Waals surface area contributed by atoms with Crippen LogP contribution in [0.15, 0.2) is 0 Å². The highest BCUT2D eigenvalue weighted by Crippen LogP contribution is 2.28. The van der Waals surface area contributed by atoms with E-state index in [4.69, 9.17) is 0 Å². The van der Waals surface area contributed by atoms with Gasteiger partial charge in [0.05, 0.1) is 0 Å². The van der Waals surface area contributed by atoms with Crippen molar-refractivity contribution in [3.05, 3.63) is 6.36 Å². The first-order chi connectivity index (χ1) is 3.48. The molecule has 0 aromatic carbocycles. The van der Waals surface area contributed by atoms with Crippen LogP contribution in [0.5, 0.6) is 0 Å². The molecule has 0 amide bonds. The molecule has 0 heterocycles. The molecule has 0 saturated heterocycles. The molecular weight excluding hydrogens is 128 g/mol. The van der Waals surface area contributed by atoms with Gasteiger partial charge in [0.1, 0.15) is 0 Å². The van der Waals surface area contributed by atoms with Crippen LogP contribution in [0.3, 0.4) is 0 Å². The second-order valence-electron chi connectivity index (χ2n) is 0.976. The summed E-state index contributed by atoms with van der Waals surface area (Å²) in [5.74, 6) is 0. The van der Waals surface area contributed by atoms with E-state index in [0.29, 0.717) is 7.11 Å². The van der Waals surface area contributed by atoms with E-state index in [-0.39, 0.29) is 0 Å². The molecule has 0 aliphatic heterocycles. The Morgan fingerprint density at radius 3 is 1.75 bits per heavy atom. The van der Waals surface area contributed by atoms with E-state index in [1.165, 1.54) is 0 Å². The summed E-state index contributed by atoms with van der Waals surface area (Å²) in [4.78, 5) is 0. The van der Waals surface area contributed by atoms with E-state index in [1.54, 1.807) is 0 Å². The summed E-state index contributed by atoms with van der Waals surface area (Å²) in [6, 6.07) is 0. The number of rotatable bonds is 1. The Labute approximate surface area is 43.2 Å². The molecule has 0 unspecified atom stereocenters. The first-order valence-corrected chi connectivity index (χ1v) is 1.62. The fourth-order valence-corrected chi connectivity index (χ4v) is 0.116. The third kappa shape index (κ3) is 2.11. The van der Waals surface area contributed by atoms with Crippen LogP contribution >= 0.6 is 0 Å². The minimum absolute atomic E-state index is 0.614. The van der Waals surface area contributed by atoms with Crippen LogP contribution in [-0.4, -0.2) is 13.3 Å². The van der Waals surface area contributed by atoms with E-state index >= 15 is 0 Å². The monoisotopic (exact) mass is 131 g/mol. The van der Waals surface area contributed by atoms with Crippen molar-refractivity contribution < 1.29 is 22.3 Å². The molecule has 0 N–H and O–H groups in total. The predicted octanol–water partition coefficient (Wildman–Crippen LogP) is 1.65. The minimum Gasteiger partial charge on any atom is -0.338 e.